The van der Waals surface area contributed by atoms with Gasteiger partial charge in [-0.15, -0.1) is 0 Å². The molecule has 0 aromatic rings. The normalized spacial score (nSPS) is 24.0. The highest BCUT2D eigenvalue weighted by molar-refractivity contribution is 4.97. The topological polar surface area (TPSA) is 104 Å². The molecular formula is C19H40N4. The van der Waals surface area contributed by atoms with E-state index < -0.39 is 5.66 Å². The SMILES string of the molecule is NCCCC1(CCCN)CCC(C(N)(N)C2CCCCC2)CC1. The van der Waals surface area contributed by atoms with Crippen molar-refractivity contribution in [2.45, 2.75) is 89.1 Å². The summed E-state index contributed by atoms with van der Waals surface area (Å²) in [6.07, 6.45) is 16.1. The zero-order valence-corrected chi connectivity index (χ0v) is 15.1. The lowest BCUT2D eigenvalue weighted by molar-refractivity contribution is 0.0509. The highest BCUT2D eigenvalue weighted by Gasteiger charge is 2.43. The molecule has 0 unspecified atom stereocenters. The van der Waals surface area contributed by atoms with Crippen molar-refractivity contribution in [3.05, 3.63) is 0 Å². The van der Waals surface area contributed by atoms with Gasteiger partial charge in [0.2, 0.25) is 0 Å². The highest BCUT2D eigenvalue weighted by Crippen LogP contribution is 2.48. The third-order valence-corrected chi connectivity index (χ3v) is 6.89. The number of nitrogens with two attached hydrogens (primary N) is 4. The molecule has 0 radical (unpaired) electrons. The van der Waals surface area contributed by atoms with Gasteiger partial charge in [0, 0.05) is 0 Å². The number of hydrogen-bond acceptors (Lipinski definition) is 4. The first kappa shape index (κ1) is 19.2. The Morgan fingerprint density at radius 2 is 1.22 bits per heavy atom. The van der Waals surface area contributed by atoms with Gasteiger partial charge in [-0.2, -0.15) is 0 Å². The molecule has 0 heterocycles. The molecule has 0 amide bonds. The van der Waals surface area contributed by atoms with Gasteiger partial charge < -0.3 is 22.9 Å². The van der Waals surface area contributed by atoms with Gasteiger partial charge in [0.25, 0.3) is 0 Å². The molecule has 2 rings (SSSR count). The number of rotatable bonds is 8. The van der Waals surface area contributed by atoms with E-state index in [2.05, 4.69) is 0 Å². The zero-order chi connectivity index (χ0) is 16.8. The van der Waals surface area contributed by atoms with Gasteiger partial charge in [0.15, 0.2) is 0 Å². The molecule has 8 N–H and O–H groups in total. The van der Waals surface area contributed by atoms with Gasteiger partial charge in [-0.05, 0) is 94.5 Å². The molecule has 0 atom stereocenters. The van der Waals surface area contributed by atoms with E-state index in [0.717, 1.165) is 25.9 Å². The predicted octanol–water partition coefficient (Wildman–Crippen LogP) is 2.83. The summed E-state index contributed by atoms with van der Waals surface area (Å²) >= 11 is 0. The Labute approximate surface area is 143 Å². The maximum absolute atomic E-state index is 6.69. The van der Waals surface area contributed by atoms with Gasteiger partial charge in [-0.25, -0.2) is 0 Å². The minimum absolute atomic E-state index is 0.450. The third kappa shape index (κ3) is 4.91. The molecule has 0 aromatic heterocycles. The standard InChI is InChI=1S/C19H40N4/c20-14-4-10-18(11-5-15-21)12-8-17(9-13-18)19(22,23)16-6-2-1-3-7-16/h16-17H,1-15,20-23H2. The lowest BCUT2D eigenvalue weighted by Gasteiger charge is -2.48. The van der Waals surface area contributed by atoms with E-state index in [1.165, 1.54) is 70.6 Å². The first-order chi connectivity index (χ1) is 11.0. The average molecular weight is 325 g/mol. The zero-order valence-electron chi connectivity index (χ0n) is 15.1. The Balaban J connectivity index is 1.93. The van der Waals surface area contributed by atoms with Gasteiger partial charge in [0.1, 0.15) is 0 Å². The van der Waals surface area contributed by atoms with Crippen molar-refractivity contribution in [2.75, 3.05) is 13.1 Å². The molecular weight excluding hydrogens is 284 g/mol. The van der Waals surface area contributed by atoms with Crippen LogP contribution < -0.4 is 22.9 Å². The Morgan fingerprint density at radius 1 is 0.739 bits per heavy atom. The van der Waals surface area contributed by atoms with Crippen LogP contribution in [0.3, 0.4) is 0 Å². The van der Waals surface area contributed by atoms with Crippen molar-refractivity contribution >= 4 is 0 Å². The van der Waals surface area contributed by atoms with Crippen LogP contribution in [-0.2, 0) is 0 Å². The molecule has 0 spiro atoms. The minimum atomic E-state index is -0.450. The molecule has 4 heteroatoms. The lowest BCUT2D eigenvalue weighted by atomic mass is 9.61. The molecule has 23 heavy (non-hydrogen) atoms. The van der Waals surface area contributed by atoms with Crippen molar-refractivity contribution in [1.82, 2.24) is 0 Å². The van der Waals surface area contributed by atoms with Crippen molar-refractivity contribution < 1.29 is 0 Å². The first-order valence-corrected chi connectivity index (χ1v) is 10.0. The summed E-state index contributed by atoms with van der Waals surface area (Å²) in [6.45, 7) is 1.60. The first-order valence-electron chi connectivity index (χ1n) is 10.0. The smallest absolute Gasteiger partial charge is 0.0694 e. The van der Waals surface area contributed by atoms with Crippen molar-refractivity contribution in [1.29, 1.82) is 0 Å². The van der Waals surface area contributed by atoms with Crippen LogP contribution >= 0.6 is 0 Å². The Bertz CT molecular complexity index is 318. The highest BCUT2D eigenvalue weighted by atomic mass is 15.0. The summed E-state index contributed by atoms with van der Waals surface area (Å²) in [7, 11) is 0. The van der Waals surface area contributed by atoms with Crippen LogP contribution in [0.4, 0.5) is 0 Å². The summed E-state index contributed by atoms with van der Waals surface area (Å²) < 4.78 is 0. The van der Waals surface area contributed by atoms with E-state index >= 15 is 0 Å². The molecule has 0 aromatic carbocycles. The summed E-state index contributed by atoms with van der Waals surface area (Å²) in [6, 6.07) is 0. The van der Waals surface area contributed by atoms with Crippen LogP contribution in [0, 0.1) is 17.3 Å². The monoisotopic (exact) mass is 324 g/mol. The molecule has 2 fully saturated rings. The van der Waals surface area contributed by atoms with Crippen LogP contribution in [0.1, 0.15) is 83.5 Å². The molecule has 0 aliphatic heterocycles. The fourth-order valence-electron chi connectivity index (χ4n) is 5.25. The van der Waals surface area contributed by atoms with Gasteiger partial charge in [0.05, 0.1) is 5.66 Å². The van der Waals surface area contributed by atoms with E-state index in [1.54, 1.807) is 0 Å². The van der Waals surface area contributed by atoms with Gasteiger partial charge in [-0.3, -0.25) is 0 Å². The van der Waals surface area contributed by atoms with E-state index in [4.69, 9.17) is 22.9 Å². The minimum Gasteiger partial charge on any atom is -0.330 e. The fraction of sp³-hybridized carbons (Fsp3) is 1.00. The molecule has 2 aliphatic carbocycles. The van der Waals surface area contributed by atoms with Crippen LogP contribution in [0.5, 0.6) is 0 Å². The van der Waals surface area contributed by atoms with Crippen LogP contribution in [0.25, 0.3) is 0 Å². The summed E-state index contributed by atoms with van der Waals surface area (Å²) in [5.74, 6) is 1.02. The van der Waals surface area contributed by atoms with Crippen molar-refractivity contribution in [3.8, 4) is 0 Å². The maximum atomic E-state index is 6.69. The van der Waals surface area contributed by atoms with E-state index in [9.17, 15) is 0 Å². The van der Waals surface area contributed by atoms with Crippen molar-refractivity contribution in [2.24, 2.45) is 40.2 Å². The summed E-state index contributed by atoms with van der Waals surface area (Å²) in [4.78, 5) is 0. The quantitative estimate of drug-likeness (QED) is 0.515. The predicted molar refractivity (Wildman–Crippen MR) is 98.6 cm³/mol. The lowest BCUT2D eigenvalue weighted by Crippen LogP contribution is -2.62. The Kier molecular flexibility index (Phi) is 7.33. The summed E-state index contributed by atoms with van der Waals surface area (Å²) in [5, 5.41) is 0. The van der Waals surface area contributed by atoms with Crippen LogP contribution in [-0.4, -0.2) is 18.8 Å². The Morgan fingerprint density at radius 3 is 1.70 bits per heavy atom. The molecule has 136 valence electrons. The second-order valence-electron chi connectivity index (χ2n) is 8.39. The van der Waals surface area contributed by atoms with Gasteiger partial charge in [-0.1, -0.05) is 19.3 Å². The largest absolute Gasteiger partial charge is 0.330 e. The van der Waals surface area contributed by atoms with Crippen molar-refractivity contribution in [3.63, 3.8) is 0 Å². The summed E-state index contributed by atoms with van der Waals surface area (Å²) in [5.41, 5.74) is 24.9. The molecule has 0 bridgehead atoms. The maximum Gasteiger partial charge on any atom is 0.0694 e. The van der Waals surface area contributed by atoms with Crippen LogP contribution in [0.15, 0.2) is 0 Å². The van der Waals surface area contributed by atoms with E-state index in [-0.39, 0.29) is 0 Å². The second-order valence-corrected chi connectivity index (χ2v) is 8.39. The van der Waals surface area contributed by atoms with E-state index in [1.807, 2.05) is 0 Å². The third-order valence-electron chi connectivity index (χ3n) is 6.89. The Hall–Kier alpha value is -0.160. The molecule has 0 saturated heterocycles. The molecule has 2 saturated carbocycles. The fourth-order valence-corrected chi connectivity index (χ4v) is 5.25. The number of hydrogen-bond donors (Lipinski definition) is 4. The molecule has 4 nitrogen and oxygen atoms in total. The van der Waals surface area contributed by atoms with E-state index in [0.29, 0.717) is 17.3 Å². The van der Waals surface area contributed by atoms with Crippen LogP contribution in [0.2, 0.25) is 0 Å². The average Bonchev–Trinajstić information content (AvgIpc) is 2.59. The van der Waals surface area contributed by atoms with Gasteiger partial charge >= 0.3 is 0 Å². The second kappa shape index (κ2) is 8.80. The molecule has 2 aliphatic rings.